The van der Waals surface area contributed by atoms with Gasteiger partial charge in [-0.05, 0) is 12.7 Å². The van der Waals surface area contributed by atoms with Crippen LogP contribution in [0.2, 0.25) is 0 Å². The Morgan fingerprint density at radius 3 is 1.11 bits per heavy atom. The van der Waals surface area contributed by atoms with E-state index in [1.807, 2.05) is 43.3 Å². The second-order valence-corrected chi connectivity index (χ2v) is 5.14. The first-order valence-electron chi connectivity index (χ1n) is 5.32. The Morgan fingerprint density at radius 2 is 1.06 bits per heavy atom. The number of thioether (sulfide) groups is 1. The van der Waals surface area contributed by atoms with Gasteiger partial charge in [-0.3, -0.25) is 0 Å². The summed E-state index contributed by atoms with van der Waals surface area (Å²) in [7, 11) is 0. The van der Waals surface area contributed by atoms with Gasteiger partial charge in [0.2, 0.25) is 0 Å². The van der Waals surface area contributed by atoms with Crippen LogP contribution in [0, 0.1) is 0 Å². The van der Waals surface area contributed by atoms with E-state index in [2.05, 4.69) is 20.8 Å². The van der Waals surface area contributed by atoms with Gasteiger partial charge in [0.15, 0.2) is 0 Å². The summed E-state index contributed by atoms with van der Waals surface area (Å²) in [6.07, 6.45) is 1.25. The van der Waals surface area contributed by atoms with Gasteiger partial charge >= 0.3 is 0 Å². The predicted molar refractivity (Wildman–Crippen MR) is 99.0 cm³/mol. The topological polar surface area (TPSA) is 0 Å². The van der Waals surface area contributed by atoms with Crippen LogP contribution in [0.1, 0.15) is 56.4 Å². The lowest BCUT2D eigenvalue weighted by Gasteiger charge is -1.84. The fraction of sp³-hybridized carbons (Fsp3) is 0.562. The van der Waals surface area contributed by atoms with Gasteiger partial charge in [-0.15, -0.1) is 11.8 Å². The van der Waals surface area contributed by atoms with E-state index in [0.717, 1.165) is 9.95 Å². The van der Waals surface area contributed by atoms with Gasteiger partial charge < -0.3 is 0 Å². The highest BCUT2D eigenvalue weighted by atomic mass is 32.2. The summed E-state index contributed by atoms with van der Waals surface area (Å²) in [4.78, 5) is 0. The first-order chi connectivity index (χ1) is 7.18. The molecule has 0 saturated heterocycles. The minimum Gasteiger partial charge on any atom is -0.120 e. The zero-order chi connectivity index (χ0) is 11.9. The standard InChI is InChI=1S/C6H6.C4H8S2.C3H8.3CH4/c1-2-4-6-5-3-1;1-3-6-4(2)5;1-3-2;;;/h1-6H;3H2,1-2H3;3H2,1-2H3;3*1H4. The largest absolute Gasteiger partial charge is 0.120 e. The minimum absolute atomic E-state index is 0. The van der Waals surface area contributed by atoms with Crippen LogP contribution < -0.4 is 0 Å². The lowest BCUT2D eigenvalue weighted by molar-refractivity contribution is 1.09. The third-order valence-corrected chi connectivity index (χ3v) is 2.06. The Balaban J connectivity index is -0.0000000455. The molecule has 0 unspecified atom stereocenters. The van der Waals surface area contributed by atoms with E-state index in [9.17, 15) is 0 Å². The second-order valence-electron chi connectivity index (χ2n) is 2.79. The van der Waals surface area contributed by atoms with Gasteiger partial charge in [-0.1, -0.05) is 98.1 Å². The highest BCUT2D eigenvalue weighted by Gasteiger charge is 1.78. The molecule has 0 radical (unpaired) electrons. The van der Waals surface area contributed by atoms with Gasteiger partial charge in [0.1, 0.15) is 0 Å². The summed E-state index contributed by atoms with van der Waals surface area (Å²) in [6, 6.07) is 12.0. The third kappa shape index (κ3) is 44.9. The van der Waals surface area contributed by atoms with Crippen LogP contribution in [0.5, 0.6) is 0 Å². The van der Waals surface area contributed by atoms with E-state index in [1.165, 1.54) is 6.42 Å². The molecule has 2 heteroatoms. The third-order valence-electron chi connectivity index (χ3n) is 1.01. The first kappa shape index (κ1) is 30.6. The van der Waals surface area contributed by atoms with Crippen molar-refractivity contribution in [2.24, 2.45) is 0 Å². The van der Waals surface area contributed by atoms with Crippen molar-refractivity contribution in [1.29, 1.82) is 0 Å². The van der Waals surface area contributed by atoms with Crippen molar-refractivity contribution in [3.8, 4) is 0 Å². The van der Waals surface area contributed by atoms with Gasteiger partial charge in [0, 0.05) is 4.20 Å². The Hall–Kier alpha value is -0.340. The smallest absolute Gasteiger partial charge is 0.0447 e. The maximum absolute atomic E-state index is 4.76. The van der Waals surface area contributed by atoms with E-state index < -0.39 is 0 Å². The van der Waals surface area contributed by atoms with Gasteiger partial charge in [-0.25, -0.2) is 0 Å². The zero-order valence-corrected chi connectivity index (χ0v) is 11.8. The van der Waals surface area contributed by atoms with Crippen LogP contribution in [0.15, 0.2) is 36.4 Å². The SMILES string of the molecule is C.C.C.CCC.CCSC(C)=S.c1ccccc1. The van der Waals surface area contributed by atoms with Crippen LogP contribution >= 0.6 is 24.0 Å². The molecule has 110 valence electrons. The zero-order valence-electron chi connectivity index (χ0n) is 10.2. The first-order valence-corrected chi connectivity index (χ1v) is 6.71. The summed E-state index contributed by atoms with van der Waals surface area (Å²) in [6.45, 7) is 8.30. The Morgan fingerprint density at radius 1 is 0.833 bits per heavy atom. The second kappa shape index (κ2) is 30.1. The molecule has 0 amide bonds. The number of hydrogen-bond donors (Lipinski definition) is 0. The molecule has 0 spiro atoms. The van der Waals surface area contributed by atoms with Crippen molar-refractivity contribution in [3.63, 3.8) is 0 Å². The van der Waals surface area contributed by atoms with E-state index in [4.69, 9.17) is 12.2 Å². The molecule has 0 bridgehead atoms. The van der Waals surface area contributed by atoms with Crippen molar-refractivity contribution < 1.29 is 0 Å². The molecule has 0 aromatic heterocycles. The summed E-state index contributed by atoms with van der Waals surface area (Å²) >= 11 is 6.48. The number of hydrogen-bond acceptors (Lipinski definition) is 2. The summed E-state index contributed by atoms with van der Waals surface area (Å²) < 4.78 is 1.04. The molecule has 0 atom stereocenters. The van der Waals surface area contributed by atoms with Crippen LogP contribution in [0.4, 0.5) is 0 Å². The predicted octanol–water partition coefficient (Wildman–Crippen LogP) is 7.10. The van der Waals surface area contributed by atoms with E-state index in [-0.39, 0.29) is 22.3 Å². The normalized spacial score (nSPS) is 6.44. The van der Waals surface area contributed by atoms with E-state index in [0.29, 0.717) is 0 Å². The molecule has 0 fully saturated rings. The average molecular weight is 291 g/mol. The fourth-order valence-electron chi connectivity index (χ4n) is 0.588. The Labute approximate surface area is 127 Å². The number of thiocarbonyl (C=S) groups is 1. The highest BCUT2D eigenvalue weighted by Crippen LogP contribution is 1.99. The van der Waals surface area contributed by atoms with E-state index in [1.54, 1.807) is 11.8 Å². The molecule has 0 heterocycles. The summed E-state index contributed by atoms with van der Waals surface area (Å²) in [5.74, 6) is 1.11. The molecular weight excluding hydrogens is 256 g/mol. The monoisotopic (exact) mass is 290 g/mol. The molecule has 0 aliphatic rings. The van der Waals surface area contributed by atoms with Gasteiger partial charge in [0.25, 0.3) is 0 Å². The van der Waals surface area contributed by atoms with Crippen LogP contribution in [0.25, 0.3) is 0 Å². The van der Waals surface area contributed by atoms with E-state index >= 15 is 0 Å². The average Bonchev–Trinajstić information content (AvgIpc) is 2.22. The maximum atomic E-state index is 4.76. The summed E-state index contributed by atoms with van der Waals surface area (Å²) in [5.41, 5.74) is 0. The van der Waals surface area contributed by atoms with Crippen LogP contribution in [-0.2, 0) is 0 Å². The Bertz CT molecular complexity index is 181. The van der Waals surface area contributed by atoms with Gasteiger partial charge in [0.05, 0.1) is 0 Å². The molecule has 0 N–H and O–H groups in total. The van der Waals surface area contributed by atoms with Crippen molar-refractivity contribution in [3.05, 3.63) is 36.4 Å². The minimum atomic E-state index is 0. The molecule has 1 aromatic rings. The van der Waals surface area contributed by atoms with Crippen molar-refractivity contribution in [1.82, 2.24) is 0 Å². The number of rotatable bonds is 1. The van der Waals surface area contributed by atoms with Crippen LogP contribution in [-0.4, -0.2) is 9.95 Å². The van der Waals surface area contributed by atoms with Crippen LogP contribution in [0.3, 0.4) is 0 Å². The Kier molecular flexibility index (Phi) is 51.1. The molecule has 1 rings (SSSR count). The summed E-state index contributed by atoms with van der Waals surface area (Å²) in [5, 5.41) is 0. The molecule has 0 aliphatic carbocycles. The highest BCUT2D eigenvalue weighted by molar-refractivity contribution is 8.23. The molecular formula is C16H34S2. The lowest BCUT2D eigenvalue weighted by atomic mass is 10.4. The number of benzene rings is 1. The molecule has 18 heavy (non-hydrogen) atoms. The lowest BCUT2D eigenvalue weighted by Crippen LogP contribution is -1.74. The van der Waals surface area contributed by atoms with Crippen molar-refractivity contribution in [2.45, 2.75) is 56.4 Å². The molecule has 0 nitrogen and oxygen atoms in total. The molecule has 0 aliphatic heterocycles. The molecule has 1 aromatic carbocycles. The molecule has 0 saturated carbocycles. The fourth-order valence-corrected chi connectivity index (χ4v) is 1.35. The van der Waals surface area contributed by atoms with Crippen molar-refractivity contribution in [2.75, 3.05) is 5.75 Å². The van der Waals surface area contributed by atoms with Crippen molar-refractivity contribution >= 4 is 28.2 Å². The van der Waals surface area contributed by atoms with Gasteiger partial charge in [-0.2, -0.15) is 0 Å². The maximum Gasteiger partial charge on any atom is 0.0447 e. The quantitative estimate of drug-likeness (QED) is 0.506.